The number of hydrogen-bond acceptors (Lipinski definition) is 2. The molecule has 2 heterocycles. The van der Waals surface area contributed by atoms with Gasteiger partial charge in [0, 0.05) is 30.5 Å². The third-order valence-electron chi connectivity index (χ3n) is 2.11. The van der Waals surface area contributed by atoms with Crippen LogP contribution in [0, 0.1) is 0 Å². The zero-order valence-corrected chi connectivity index (χ0v) is 8.17. The number of fused-ring (bicyclic) bond motifs is 1. The Bertz CT molecular complexity index is 656. The summed E-state index contributed by atoms with van der Waals surface area (Å²) in [5, 5.41) is 0.311. The molecule has 5 heteroatoms. The second-order valence-corrected chi connectivity index (χ2v) is 3.48. The number of hydrogen-bond donors (Lipinski definition) is 1. The highest BCUT2D eigenvalue weighted by molar-refractivity contribution is 6.35. The Labute approximate surface area is 89.7 Å². The number of nitrogens with zero attached hydrogens (tertiary/aromatic N) is 2. The van der Waals surface area contributed by atoms with Crippen molar-refractivity contribution in [3.05, 3.63) is 27.8 Å². The molecule has 2 aromatic rings. The lowest BCUT2D eigenvalue weighted by Crippen LogP contribution is -2.16. The Morgan fingerprint density at radius 1 is 1.50 bits per heavy atom. The molecule has 14 heavy (non-hydrogen) atoms. The average molecular weight is 215 g/mol. The number of pyridine rings is 1. The van der Waals surface area contributed by atoms with E-state index in [2.05, 4.69) is 0 Å². The average Bonchev–Trinajstić information content (AvgIpc) is 2.46. The Morgan fingerprint density at radius 3 is 2.86 bits per heavy atom. The summed E-state index contributed by atoms with van der Waals surface area (Å²) in [5.74, 6) is 0. The molecule has 0 saturated carbocycles. The number of nitrogens with two attached hydrogens (primary N) is 1. The first-order valence-electron chi connectivity index (χ1n) is 5.39. The summed E-state index contributed by atoms with van der Waals surface area (Å²) in [6.07, 6.45) is 2.64. The summed E-state index contributed by atoms with van der Waals surface area (Å²) in [6, 6.07) is 0. The molecule has 0 aromatic carbocycles. The third kappa shape index (κ3) is 1.04. The number of nitrogen functional groups attached to an aromatic ring is 1. The van der Waals surface area contributed by atoms with Crippen LogP contribution in [0.25, 0.3) is 10.9 Å². The van der Waals surface area contributed by atoms with Crippen LogP contribution < -0.4 is 11.3 Å². The molecule has 0 fully saturated rings. The van der Waals surface area contributed by atoms with E-state index in [9.17, 15) is 4.79 Å². The molecule has 2 rings (SSSR count). The van der Waals surface area contributed by atoms with Crippen molar-refractivity contribution >= 4 is 28.2 Å². The van der Waals surface area contributed by atoms with E-state index in [1.165, 1.54) is 6.20 Å². The van der Waals surface area contributed by atoms with Crippen molar-refractivity contribution in [3.8, 4) is 0 Å². The number of aromatic nitrogens is 2. The maximum absolute atomic E-state index is 12.0. The first-order valence-corrected chi connectivity index (χ1v) is 4.27. The highest BCUT2D eigenvalue weighted by Crippen LogP contribution is 2.25. The van der Waals surface area contributed by atoms with E-state index in [1.54, 1.807) is 11.6 Å². The molecule has 0 bridgehead atoms. The second kappa shape index (κ2) is 2.78. The van der Waals surface area contributed by atoms with Gasteiger partial charge in [-0.1, -0.05) is 11.6 Å². The first-order chi connectivity index (χ1) is 7.73. The van der Waals surface area contributed by atoms with Crippen LogP contribution in [-0.2, 0) is 14.0 Å². The van der Waals surface area contributed by atoms with E-state index < -0.39 is 12.5 Å². The van der Waals surface area contributed by atoms with Gasteiger partial charge in [0.15, 0.2) is 0 Å². The smallest absolute Gasteiger partial charge is 0.261 e. The second-order valence-electron chi connectivity index (χ2n) is 3.07. The summed E-state index contributed by atoms with van der Waals surface area (Å²) >= 11 is 5.97. The van der Waals surface area contributed by atoms with Crippen molar-refractivity contribution in [1.29, 1.82) is 0 Å². The van der Waals surface area contributed by atoms with Gasteiger partial charge in [-0.05, 0) is 0 Å². The van der Waals surface area contributed by atoms with Crippen molar-refractivity contribution < 1.29 is 4.11 Å². The molecule has 0 atom stereocenters. The van der Waals surface area contributed by atoms with Gasteiger partial charge in [-0.15, -0.1) is 0 Å². The van der Waals surface area contributed by atoms with Gasteiger partial charge in [0.2, 0.25) is 0 Å². The van der Waals surface area contributed by atoms with E-state index in [-0.39, 0.29) is 16.1 Å². The van der Waals surface area contributed by atoms with Crippen LogP contribution in [-0.4, -0.2) is 9.13 Å². The summed E-state index contributed by atoms with van der Waals surface area (Å²) in [7, 11) is 1.68. The fourth-order valence-electron chi connectivity index (χ4n) is 1.52. The fraction of sp³-hybridized carbons (Fsp3) is 0.222. The highest BCUT2D eigenvalue weighted by Gasteiger charge is 2.12. The van der Waals surface area contributed by atoms with Crippen LogP contribution in [0.5, 0.6) is 0 Å². The number of aryl methyl sites for hydroxylation is 2. The quantitative estimate of drug-likeness (QED) is 0.715. The molecule has 0 radical (unpaired) electrons. The van der Waals surface area contributed by atoms with Gasteiger partial charge in [0.25, 0.3) is 5.56 Å². The first kappa shape index (κ1) is 6.14. The van der Waals surface area contributed by atoms with Gasteiger partial charge in [0.1, 0.15) is 0 Å². The van der Waals surface area contributed by atoms with Crippen molar-refractivity contribution in [2.24, 2.45) is 14.0 Å². The Morgan fingerprint density at radius 2 is 2.21 bits per heavy atom. The molecule has 0 aliphatic carbocycles. The minimum absolute atomic E-state index is 0.135. The lowest BCUT2D eigenvalue weighted by Gasteiger charge is -2.02. The lowest BCUT2D eigenvalue weighted by molar-refractivity contribution is 0.869. The maximum atomic E-state index is 12.0. The minimum atomic E-state index is -2.57. The van der Waals surface area contributed by atoms with Crippen molar-refractivity contribution in [2.45, 2.75) is 0 Å². The molecule has 74 valence electrons. The standard InChI is InChI=1S/C9H10ClN3O/c1-12-4-6(11)7-8(12)5(10)3-13(2)9(7)14/h3-4H,11H2,1-2H3/i2D3. The van der Waals surface area contributed by atoms with Gasteiger partial charge in [0.05, 0.1) is 21.6 Å². The largest absolute Gasteiger partial charge is 0.397 e. The van der Waals surface area contributed by atoms with Crippen LogP contribution in [0.2, 0.25) is 5.02 Å². The summed E-state index contributed by atoms with van der Waals surface area (Å²) in [4.78, 5) is 12.0. The van der Waals surface area contributed by atoms with Crippen LogP contribution in [0.1, 0.15) is 4.11 Å². The van der Waals surface area contributed by atoms with Gasteiger partial charge in [-0.2, -0.15) is 0 Å². The van der Waals surface area contributed by atoms with Gasteiger partial charge >= 0.3 is 0 Å². The number of rotatable bonds is 0. The van der Waals surface area contributed by atoms with Crippen LogP contribution in [0.4, 0.5) is 5.69 Å². The molecular weight excluding hydrogens is 202 g/mol. The highest BCUT2D eigenvalue weighted by atomic mass is 35.5. The summed E-state index contributed by atoms with van der Waals surface area (Å²) in [5.41, 5.74) is 5.67. The summed E-state index contributed by atoms with van der Waals surface area (Å²) < 4.78 is 24.0. The van der Waals surface area contributed by atoms with Crippen molar-refractivity contribution in [2.75, 3.05) is 5.73 Å². The molecule has 0 aliphatic heterocycles. The predicted octanol–water partition coefficient (Wildman–Crippen LogP) is 1.11. The molecule has 0 aliphatic rings. The van der Waals surface area contributed by atoms with Gasteiger partial charge in [-0.3, -0.25) is 4.79 Å². The van der Waals surface area contributed by atoms with E-state index in [0.717, 1.165) is 6.20 Å². The topological polar surface area (TPSA) is 52.9 Å². The predicted molar refractivity (Wildman–Crippen MR) is 57.6 cm³/mol. The van der Waals surface area contributed by atoms with Crippen LogP contribution in [0.15, 0.2) is 17.2 Å². The molecular formula is C9H10ClN3O. The number of anilines is 1. The van der Waals surface area contributed by atoms with Crippen molar-refractivity contribution in [3.63, 3.8) is 0 Å². The van der Waals surface area contributed by atoms with Gasteiger partial charge < -0.3 is 14.9 Å². The maximum Gasteiger partial charge on any atom is 0.261 e. The minimum Gasteiger partial charge on any atom is -0.397 e. The van der Waals surface area contributed by atoms with E-state index >= 15 is 0 Å². The monoisotopic (exact) mass is 214 g/mol. The van der Waals surface area contributed by atoms with E-state index in [0.29, 0.717) is 10.1 Å². The molecule has 0 spiro atoms. The zero-order chi connectivity index (χ0) is 13.0. The van der Waals surface area contributed by atoms with Crippen LogP contribution in [0.3, 0.4) is 0 Å². The summed E-state index contributed by atoms with van der Waals surface area (Å²) in [6.45, 7) is -2.57. The molecule has 2 aromatic heterocycles. The lowest BCUT2D eigenvalue weighted by atomic mass is 10.3. The van der Waals surface area contributed by atoms with Crippen molar-refractivity contribution in [1.82, 2.24) is 9.13 Å². The normalized spacial score (nSPS) is 15.1. The zero-order valence-electron chi connectivity index (χ0n) is 10.4. The molecule has 4 nitrogen and oxygen atoms in total. The number of halogens is 1. The molecule has 0 unspecified atom stereocenters. The van der Waals surface area contributed by atoms with E-state index in [4.69, 9.17) is 21.4 Å². The Kier molecular flexibility index (Phi) is 1.22. The van der Waals surface area contributed by atoms with E-state index in [1.807, 2.05) is 0 Å². The van der Waals surface area contributed by atoms with Gasteiger partial charge in [-0.25, -0.2) is 0 Å². The fourth-order valence-corrected chi connectivity index (χ4v) is 1.84. The Balaban J connectivity index is 3.00. The molecule has 0 amide bonds. The molecule has 2 N–H and O–H groups in total. The van der Waals surface area contributed by atoms with Crippen LogP contribution >= 0.6 is 11.6 Å². The Hall–Kier alpha value is -1.42. The third-order valence-corrected chi connectivity index (χ3v) is 2.39. The molecule has 0 saturated heterocycles. The SMILES string of the molecule is [2H]C([2H])([2H])n1cc(Cl)c2c(c(N)cn2C)c1=O.